The quantitative estimate of drug-likeness (QED) is 0.860. The Balaban J connectivity index is 2.06. The Morgan fingerprint density at radius 1 is 1.50 bits per heavy atom. The van der Waals surface area contributed by atoms with Crippen LogP contribution in [0.3, 0.4) is 0 Å². The van der Waals surface area contributed by atoms with Crippen LogP contribution >= 0.6 is 0 Å². The van der Waals surface area contributed by atoms with Crippen molar-refractivity contribution in [2.75, 3.05) is 40.0 Å². The van der Waals surface area contributed by atoms with Crippen molar-refractivity contribution >= 4 is 0 Å². The summed E-state index contributed by atoms with van der Waals surface area (Å²) in [6.45, 7) is 6.68. The number of likely N-dealkylation sites (N-methyl/N-ethyl adjacent to an activating group) is 1. The number of ether oxygens (including phenoxy) is 2. The summed E-state index contributed by atoms with van der Waals surface area (Å²) in [4.78, 5) is 2.27. The molecule has 0 bridgehead atoms. The van der Waals surface area contributed by atoms with Gasteiger partial charge in [0.1, 0.15) is 0 Å². The Morgan fingerprint density at radius 3 is 3.10 bits per heavy atom. The molecule has 1 unspecified atom stereocenters. The van der Waals surface area contributed by atoms with E-state index in [1.54, 1.807) is 6.07 Å². The lowest BCUT2D eigenvalue weighted by atomic mass is 10.1. The predicted octanol–water partition coefficient (Wildman–Crippen LogP) is 1.64. The Morgan fingerprint density at radius 2 is 2.35 bits per heavy atom. The lowest BCUT2D eigenvalue weighted by molar-refractivity contribution is -0.0112. The summed E-state index contributed by atoms with van der Waals surface area (Å²) in [6, 6.07) is 5.58. The molecule has 1 fully saturated rings. The highest BCUT2D eigenvalue weighted by atomic mass is 19.1. The molecule has 1 aliphatic rings. The number of halogens is 1. The van der Waals surface area contributed by atoms with E-state index < -0.39 is 0 Å². The fourth-order valence-corrected chi connectivity index (χ4v) is 2.45. The van der Waals surface area contributed by atoms with E-state index in [-0.39, 0.29) is 11.9 Å². The van der Waals surface area contributed by atoms with Gasteiger partial charge in [-0.15, -0.1) is 0 Å². The van der Waals surface area contributed by atoms with Gasteiger partial charge in [0.15, 0.2) is 11.6 Å². The van der Waals surface area contributed by atoms with Crippen molar-refractivity contribution in [3.63, 3.8) is 0 Å². The first-order valence-electron chi connectivity index (χ1n) is 7.10. The van der Waals surface area contributed by atoms with E-state index in [0.717, 1.165) is 19.6 Å². The summed E-state index contributed by atoms with van der Waals surface area (Å²) >= 11 is 0. The van der Waals surface area contributed by atoms with E-state index in [4.69, 9.17) is 9.47 Å². The predicted molar refractivity (Wildman–Crippen MR) is 76.5 cm³/mol. The fourth-order valence-electron chi connectivity index (χ4n) is 2.45. The molecule has 1 aromatic carbocycles. The molecule has 4 nitrogen and oxygen atoms in total. The third-order valence-electron chi connectivity index (χ3n) is 3.62. The van der Waals surface area contributed by atoms with Gasteiger partial charge in [0.2, 0.25) is 0 Å². The molecule has 1 saturated heterocycles. The summed E-state index contributed by atoms with van der Waals surface area (Å²) in [5, 5.41) is 3.33. The Kier molecular flexibility index (Phi) is 5.76. The molecule has 0 radical (unpaired) electrons. The third kappa shape index (κ3) is 3.69. The molecule has 20 heavy (non-hydrogen) atoms. The normalized spacial score (nSPS) is 20.1. The van der Waals surface area contributed by atoms with E-state index in [2.05, 4.69) is 17.1 Å². The van der Waals surface area contributed by atoms with Gasteiger partial charge in [-0.1, -0.05) is 19.1 Å². The van der Waals surface area contributed by atoms with Crippen molar-refractivity contribution in [2.24, 2.45) is 0 Å². The van der Waals surface area contributed by atoms with Crippen molar-refractivity contribution in [3.8, 4) is 5.75 Å². The topological polar surface area (TPSA) is 33.7 Å². The number of benzene rings is 1. The van der Waals surface area contributed by atoms with Crippen LogP contribution in [0.5, 0.6) is 5.75 Å². The molecule has 112 valence electrons. The van der Waals surface area contributed by atoms with Crippen LogP contribution in [0.2, 0.25) is 0 Å². The van der Waals surface area contributed by atoms with E-state index >= 15 is 0 Å². The Hall–Kier alpha value is -1.17. The third-order valence-corrected chi connectivity index (χ3v) is 3.62. The summed E-state index contributed by atoms with van der Waals surface area (Å²) in [5.41, 5.74) is 0.674. The van der Waals surface area contributed by atoms with Gasteiger partial charge in [-0.25, -0.2) is 4.39 Å². The molecule has 0 aromatic heterocycles. The lowest BCUT2D eigenvalue weighted by Gasteiger charge is -2.35. The molecule has 0 aliphatic carbocycles. The van der Waals surface area contributed by atoms with Gasteiger partial charge in [0.25, 0.3) is 0 Å². The van der Waals surface area contributed by atoms with Crippen molar-refractivity contribution in [3.05, 3.63) is 29.6 Å². The molecular formula is C15H23FN2O2. The summed E-state index contributed by atoms with van der Waals surface area (Å²) in [7, 11) is 1.49. The molecule has 0 saturated carbocycles. The summed E-state index contributed by atoms with van der Waals surface area (Å²) in [6.07, 6.45) is 0. The van der Waals surface area contributed by atoms with Gasteiger partial charge in [-0.2, -0.15) is 0 Å². The second kappa shape index (κ2) is 7.57. The average molecular weight is 282 g/mol. The van der Waals surface area contributed by atoms with Crippen LogP contribution in [0, 0.1) is 5.82 Å². The van der Waals surface area contributed by atoms with Gasteiger partial charge in [-0.3, -0.25) is 4.90 Å². The number of hydrogen-bond acceptors (Lipinski definition) is 4. The average Bonchev–Trinajstić information content (AvgIpc) is 2.48. The summed E-state index contributed by atoms with van der Waals surface area (Å²) in [5.74, 6) is 0.0442. The molecule has 1 aliphatic heterocycles. The molecule has 1 atom stereocenters. The molecule has 0 amide bonds. The maximum Gasteiger partial charge on any atom is 0.169 e. The second-order valence-electron chi connectivity index (χ2n) is 4.94. The van der Waals surface area contributed by atoms with Crippen LogP contribution in [0.15, 0.2) is 18.2 Å². The number of nitrogens with zero attached hydrogens (tertiary/aromatic N) is 1. The van der Waals surface area contributed by atoms with Crippen molar-refractivity contribution in [1.82, 2.24) is 10.2 Å². The zero-order chi connectivity index (χ0) is 14.4. The fraction of sp³-hybridized carbons (Fsp3) is 0.600. The van der Waals surface area contributed by atoms with Gasteiger partial charge in [0.05, 0.1) is 20.3 Å². The summed E-state index contributed by atoms with van der Waals surface area (Å²) < 4.78 is 24.8. The highest BCUT2D eigenvalue weighted by molar-refractivity contribution is 5.31. The van der Waals surface area contributed by atoms with Crippen LogP contribution < -0.4 is 10.1 Å². The van der Waals surface area contributed by atoms with Gasteiger partial charge in [0, 0.05) is 31.2 Å². The highest BCUT2D eigenvalue weighted by Gasteiger charge is 2.24. The van der Waals surface area contributed by atoms with Crippen molar-refractivity contribution in [2.45, 2.75) is 19.5 Å². The molecule has 0 spiro atoms. The van der Waals surface area contributed by atoms with Crippen molar-refractivity contribution in [1.29, 1.82) is 0 Å². The van der Waals surface area contributed by atoms with Gasteiger partial charge < -0.3 is 14.8 Å². The standard InChI is InChI=1S/C15H23FN2O2/c1-3-17-9-13-11-20-8-7-18(13)10-12-5-4-6-14(19-2)15(12)16/h4-6,13,17H,3,7-11H2,1-2H3. The first kappa shape index (κ1) is 15.2. The number of hydrogen-bond donors (Lipinski definition) is 1. The number of methoxy groups -OCH3 is 1. The zero-order valence-corrected chi connectivity index (χ0v) is 12.2. The molecule has 1 N–H and O–H groups in total. The molecule has 1 heterocycles. The minimum Gasteiger partial charge on any atom is -0.494 e. The van der Waals surface area contributed by atoms with E-state index in [0.29, 0.717) is 31.1 Å². The Bertz CT molecular complexity index is 428. The van der Waals surface area contributed by atoms with Gasteiger partial charge >= 0.3 is 0 Å². The zero-order valence-electron chi connectivity index (χ0n) is 12.2. The first-order valence-corrected chi connectivity index (χ1v) is 7.10. The van der Waals surface area contributed by atoms with Crippen LogP contribution in [0.1, 0.15) is 12.5 Å². The number of nitrogens with one attached hydrogen (secondary N) is 1. The number of rotatable bonds is 6. The second-order valence-corrected chi connectivity index (χ2v) is 4.94. The SMILES string of the molecule is CCNCC1COCCN1Cc1cccc(OC)c1F. The van der Waals surface area contributed by atoms with E-state index in [1.165, 1.54) is 7.11 Å². The monoisotopic (exact) mass is 282 g/mol. The molecule has 5 heteroatoms. The first-order chi connectivity index (χ1) is 9.76. The van der Waals surface area contributed by atoms with Gasteiger partial charge in [-0.05, 0) is 12.6 Å². The van der Waals surface area contributed by atoms with Crippen LogP contribution in [0.25, 0.3) is 0 Å². The van der Waals surface area contributed by atoms with Crippen LogP contribution in [-0.2, 0) is 11.3 Å². The van der Waals surface area contributed by atoms with Crippen molar-refractivity contribution < 1.29 is 13.9 Å². The largest absolute Gasteiger partial charge is 0.494 e. The number of morpholine rings is 1. The minimum atomic E-state index is -0.260. The molecule has 2 rings (SSSR count). The highest BCUT2D eigenvalue weighted by Crippen LogP contribution is 2.22. The molecule has 1 aromatic rings. The Labute approximate surface area is 119 Å². The smallest absolute Gasteiger partial charge is 0.169 e. The minimum absolute atomic E-state index is 0.260. The van der Waals surface area contributed by atoms with E-state index in [9.17, 15) is 4.39 Å². The lowest BCUT2D eigenvalue weighted by Crippen LogP contribution is -2.49. The maximum atomic E-state index is 14.2. The van der Waals surface area contributed by atoms with Crippen LogP contribution in [-0.4, -0.2) is 50.9 Å². The van der Waals surface area contributed by atoms with E-state index in [1.807, 2.05) is 12.1 Å². The maximum absolute atomic E-state index is 14.2. The van der Waals surface area contributed by atoms with Crippen LogP contribution in [0.4, 0.5) is 4.39 Å². The molecular weight excluding hydrogens is 259 g/mol.